The van der Waals surface area contributed by atoms with Crippen LogP contribution in [0.3, 0.4) is 0 Å². The van der Waals surface area contributed by atoms with Crippen LogP contribution in [-0.4, -0.2) is 38.4 Å². The Morgan fingerprint density at radius 3 is 2.56 bits per heavy atom. The van der Waals surface area contributed by atoms with Gasteiger partial charge in [0.05, 0.1) is 17.1 Å². The molecular weight excluding hydrogens is 454 g/mol. The fraction of sp³-hybridized carbons (Fsp3) is 0.0500. The average Bonchev–Trinajstić information content (AvgIpc) is 3.12. The van der Waals surface area contributed by atoms with Crippen molar-refractivity contribution in [3.63, 3.8) is 0 Å². The van der Waals surface area contributed by atoms with Crippen molar-refractivity contribution < 1.29 is 24.4 Å². The van der Waals surface area contributed by atoms with Crippen LogP contribution in [-0.2, 0) is 9.59 Å². The third kappa shape index (κ3) is 3.86. The summed E-state index contributed by atoms with van der Waals surface area (Å²) in [4.78, 5) is 25.4. The van der Waals surface area contributed by atoms with Gasteiger partial charge >= 0.3 is 5.97 Å². The maximum absolute atomic E-state index is 12.8. The number of hydrazone groups is 1. The number of nitrogens with zero attached hydrogens (tertiary/aromatic N) is 4. The molecule has 0 spiro atoms. The minimum atomic E-state index is -1.43. The topological polar surface area (TPSA) is 161 Å². The molecule has 0 saturated carbocycles. The molecule has 0 radical (unpaired) electrons. The Morgan fingerprint density at radius 2 is 1.91 bits per heavy atom. The second-order valence-corrected chi connectivity index (χ2v) is 7.84. The number of aliphatic carboxylic acids is 1. The number of azo groups is 1. The third-order valence-electron chi connectivity index (χ3n) is 4.72. The Bertz CT molecular complexity index is 1310. The smallest absolute Gasteiger partial charge is 0.355 e. The first-order chi connectivity index (χ1) is 15.3. The number of rotatable bonds is 5. The zero-order chi connectivity index (χ0) is 23.0. The van der Waals surface area contributed by atoms with Crippen molar-refractivity contribution in [3.8, 4) is 5.75 Å². The highest BCUT2D eigenvalue weighted by atomic mass is 32.2. The number of fused-ring (bicyclic) bond motifs is 1. The average molecular weight is 470 g/mol. The molecule has 1 unspecified atom stereocenters. The number of nitrogen functional groups attached to an aromatic ring is 1. The molecule has 0 fully saturated rings. The lowest BCUT2D eigenvalue weighted by molar-refractivity contribution is -0.130. The predicted molar refractivity (Wildman–Crippen MR) is 123 cm³/mol. The van der Waals surface area contributed by atoms with Gasteiger partial charge < -0.3 is 20.5 Å². The van der Waals surface area contributed by atoms with Crippen LogP contribution in [0, 0.1) is 0 Å². The van der Waals surface area contributed by atoms with Gasteiger partial charge in [-0.2, -0.15) is 20.3 Å². The Morgan fingerprint density at radius 1 is 1.19 bits per heavy atom. The molecule has 4 rings (SSSR count). The lowest BCUT2D eigenvalue weighted by atomic mass is 10.1. The van der Waals surface area contributed by atoms with Gasteiger partial charge in [0, 0.05) is 27.2 Å². The van der Waals surface area contributed by atoms with Gasteiger partial charge in [-0.25, -0.2) is 4.79 Å². The molecule has 1 aliphatic rings. The number of hydrogen-bond acceptors (Lipinski definition) is 10. The molecule has 3 aromatic carbocycles. The van der Waals surface area contributed by atoms with Crippen LogP contribution in [0.5, 0.6) is 5.75 Å². The second-order valence-electron chi connectivity index (χ2n) is 6.71. The van der Waals surface area contributed by atoms with Crippen LogP contribution in [0.2, 0.25) is 0 Å². The fourth-order valence-corrected chi connectivity index (χ4v) is 3.61. The van der Waals surface area contributed by atoms with E-state index in [9.17, 15) is 19.8 Å². The van der Waals surface area contributed by atoms with Crippen molar-refractivity contribution >= 4 is 70.1 Å². The van der Waals surface area contributed by atoms with E-state index in [0.29, 0.717) is 44.0 Å². The van der Waals surface area contributed by atoms with Crippen molar-refractivity contribution in [2.45, 2.75) is 15.8 Å². The van der Waals surface area contributed by atoms with Crippen LogP contribution < -0.4 is 10.7 Å². The molecule has 0 bridgehead atoms. The molecule has 0 aliphatic carbocycles. The largest absolute Gasteiger partial charge is 0.505 e. The monoisotopic (exact) mass is 469 g/mol. The van der Waals surface area contributed by atoms with Gasteiger partial charge in [0.1, 0.15) is 5.75 Å². The number of phenols is 1. The number of hydrogen-bond donors (Lipinski definition) is 5. The quantitative estimate of drug-likeness (QED) is 0.124. The highest BCUT2D eigenvalue weighted by Gasteiger charge is 2.41. The highest BCUT2D eigenvalue weighted by Crippen LogP contribution is 2.37. The number of carbonyl (C=O) groups is 2. The van der Waals surface area contributed by atoms with E-state index in [1.54, 1.807) is 36.4 Å². The van der Waals surface area contributed by atoms with Crippen molar-refractivity contribution in [2.24, 2.45) is 15.3 Å². The number of benzene rings is 3. The molecule has 0 saturated heterocycles. The van der Waals surface area contributed by atoms with Crippen LogP contribution in [0.15, 0.2) is 73.7 Å². The Balaban J connectivity index is 1.65. The maximum atomic E-state index is 12.8. The van der Waals surface area contributed by atoms with Gasteiger partial charge in [0.25, 0.3) is 5.91 Å². The van der Waals surface area contributed by atoms with Gasteiger partial charge in [0.15, 0.2) is 5.71 Å². The highest BCUT2D eigenvalue weighted by molar-refractivity contribution is 7.93. The fourth-order valence-electron chi connectivity index (χ4n) is 3.10. The zero-order valence-corrected chi connectivity index (χ0v) is 17.8. The Labute approximate surface area is 190 Å². The third-order valence-corrected chi connectivity index (χ3v) is 5.57. The summed E-state index contributed by atoms with van der Waals surface area (Å²) < 4.78 is 9.07. The van der Waals surface area contributed by atoms with Gasteiger partial charge in [-0.15, -0.1) is 12.6 Å². The van der Waals surface area contributed by atoms with Crippen LogP contribution >= 0.6 is 24.7 Å². The number of aromatic hydroxyl groups is 1. The molecule has 5 N–H and O–H groups in total. The minimum Gasteiger partial charge on any atom is -0.505 e. The van der Waals surface area contributed by atoms with Gasteiger partial charge in [0.2, 0.25) is 6.04 Å². The Hall–Kier alpha value is -3.61. The van der Waals surface area contributed by atoms with E-state index < -0.39 is 23.6 Å². The van der Waals surface area contributed by atoms with E-state index in [4.69, 9.17) is 10.3 Å². The van der Waals surface area contributed by atoms with Gasteiger partial charge in [-0.1, -0.05) is 0 Å². The first kappa shape index (κ1) is 21.6. The lowest BCUT2D eigenvalue weighted by Gasteiger charge is -2.12. The summed E-state index contributed by atoms with van der Waals surface area (Å²) in [5.41, 5.74) is 6.11. The number of carbonyl (C=O) groups excluding carboxylic acids is 1. The molecule has 32 heavy (non-hydrogen) atoms. The summed E-state index contributed by atoms with van der Waals surface area (Å²) >= 11 is 4.76. The standard InChI is InChI=1S/C20H15N5O5S2/c21-15-14(31)8-9-7-10(1-6-13(9)18(15)26)22-23-16-17(20(28)29)24-25(19(16)27)11-2-4-12(32-30)5-3-11/h1-8,16,26,30-31H,21H2,(H,28,29). The van der Waals surface area contributed by atoms with Crippen LogP contribution in [0.25, 0.3) is 10.8 Å². The number of carboxylic acid groups (broad SMARTS) is 1. The molecule has 1 amide bonds. The van der Waals surface area contributed by atoms with Crippen LogP contribution in [0.1, 0.15) is 0 Å². The van der Waals surface area contributed by atoms with Gasteiger partial charge in [-0.3, -0.25) is 4.79 Å². The molecule has 162 valence electrons. The number of thiol groups is 1. The number of nitrogens with two attached hydrogens (primary N) is 1. The SMILES string of the molecule is Nc1c(S)cc2cc(N=NC3C(=O)N(c4ccc(SO)cc4)N=C3C(=O)O)ccc2c1O. The summed E-state index contributed by atoms with van der Waals surface area (Å²) in [5.74, 6) is -2.19. The summed E-state index contributed by atoms with van der Waals surface area (Å²) in [6, 6.07) is 11.1. The van der Waals surface area contributed by atoms with Crippen molar-refractivity contribution in [1.29, 1.82) is 0 Å². The van der Waals surface area contributed by atoms with E-state index in [0.717, 1.165) is 5.01 Å². The van der Waals surface area contributed by atoms with Crippen molar-refractivity contribution in [2.75, 3.05) is 10.7 Å². The summed E-state index contributed by atoms with van der Waals surface area (Å²) in [6.45, 7) is 0. The number of phenolic OH excluding ortho intramolecular Hbond substituents is 1. The molecule has 1 aliphatic heterocycles. The first-order valence-corrected chi connectivity index (χ1v) is 10.2. The van der Waals surface area contributed by atoms with Crippen molar-refractivity contribution in [1.82, 2.24) is 0 Å². The zero-order valence-electron chi connectivity index (χ0n) is 16.1. The van der Waals surface area contributed by atoms with E-state index in [1.165, 1.54) is 12.1 Å². The minimum absolute atomic E-state index is 0.108. The Kier molecular flexibility index (Phi) is 5.74. The number of amides is 1. The van der Waals surface area contributed by atoms with E-state index >= 15 is 0 Å². The first-order valence-electron chi connectivity index (χ1n) is 9.02. The summed E-state index contributed by atoms with van der Waals surface area (Å²) in [7, 11) is 0. The maximum Gasteiger partial charge on any atom is 0.355 e. The molecule has 1 atom stereocenters. The molecular formula is C20H15N5O5S2. The van der Waals surface area contributed by atoms with E-state index in [-0.39, 0.29) is 11.4 Å². The number of anilines is 2. The predicted octanol–water partition coefficient (Wildman–Crippen LogP) is 3.92. The van der Waals surface area contributed by atoms with Crippen LogP contribution in [0.4, 0.5) is 17.1 Å². The normalized spacial score (nSPS) is 16.2. The molecule has 0 aromatic heterocycles. The second kappa shape index (κ2) is 8.49. The molecule has 3 aromatic rings. The molecule has 12 heteroatoms. The lowest BCUT2D eigenvalue weighted by Crippen LogP contribution is -2.32. The number of carboxylic acids is 1. The molecule has 1 heterocycles. The van der Waals surface area contributed by atoms with E-state index in [1.807, 2.05) is 0 Å². The van der Waals surface area contributed by atoms with E-state index in [2.05, 4.69) is 28.0 Å². The van der Waals surface area contributed by atoms with Gasteiger partial charge in [-0.05, 0) is 53.9 Å². The summed E-state index contributed by atoms with van der Waals surface area (Å²) in [6.07, 6.45) is 0. The van der Waals surface area contributed by atoms with Crippen molar-refractivity contribution in [3.05, 3.63) is 48.5 Å². The molecule has 10 nitrogen and oxygen atoms in total. The summed E-state index contributed by atoms with van der Waals surface area (Å²) in [5, 5.41) is 33.5.